The lowest BCUT2D eigenvalue weighted by Crippen LogP contribution is -1.84. The minimum Gasteiger partial charge on any atom is -0.507 e. The second-order valence-corrected chi connectivity index (χ2v) is 5.40. The van der Waals surface area contributed by atoms with Crippen molar-refractivity contribution in [2.75, 3.05) is 7.11 Å². The largest absolute Gasteiger partial charge is 0.507 e. The second-order valence-electron chi connectivity index (χ2n) is 3.99. The van der Waals surface area contributed by atoms with Crippen LogP contribution in [0.2, 0.25) is 5.02 Å². The summed E-state index contributed by atoms with van der Waals surface area (Å²) in [6.07, 6.45) is 0. The van der Waals surface area contributed by atoms with Gasteiger partial charge in [-0.3, -0.25) is 0 Å². The molecule has 1 aromatic heterocycles. The standard InChI is InChI=1S/C14H10ClNO2S/c1-18-8-5-6-12(17)9(7-8)14-16-11-4-2-3-10(15)13(11)19-14/h2-7,17H,1H3. The maximum absolute atomic E-state index is 9.96. The van der Waals surface area contributed by atoms with Crippen molar-refractivity contribution in [3.63, 3.8) is 0 Å². The van der Waals surface area contributed by atoms with Crippen LogP contribution in [-0.2, 0) is 0 Å². The lowest BCUT2D eigenvalue weighted by molar-refractivity contribution is 0.412. The minimum atomic E-state index is 0.177. The molecular weight excluding hydrogens is 282 g/mol. The van der Waals surface area contributed by atoms with Gasteiger partial charge in [0.15, 0.2) is 0 Å². The Morgan fingerprint density at radius 3 is 2.84 bits per heavy atom. The number of hydrogen-bond donors (Lipinski definition) is 1. The van der Waals surface area contributed by atoms with E-state index in [4.69, 9.17) is 16.3 Å². The summed E-state index contributed by atoms with van der Waals surface area (Å²) in [5.74, 6) is 0.856. The molecule has 0 fully saturated rings. The van der Waals surface area contributed by atoms with Gasteiger partial charge in [-0.25, -0.2) is 4.98 Å². The van der Waals surface area contributed by atoms with Gasteiger partial charge in [0.1, 0.15) is 16.5 Å². The van der Waals surface area contributed by atoms with Crippen LogP contribution in [0.5, 0.6) is 11.5 Å². The maximum Gasteiger partial charge on any atom is 0.128 e. The normalized spacial score (nSPS) is 10.8. The molecule has 1 heterocycles. The van der Waals surface area contributed by atoms with E-state index >= 15 is 0 Å². The SMILES string of the molecule is COc1ccc(O)c(-c2nc3cccc(Cl)c3s2)c1. The predicted molar refractivity (Wildman–Crippen MR) is 78.3 cm³/mol. The van der Waals surface area contributed by atoms with E-state index in [0.29, 0.717) is 16.3 Å². The molecule has 0 saturated heterocycles. The first-order chi connectivity index (χ1) is 9.19. The molecule has 0 aliphatic heterocycles. The highest BCUT2D eigenvalue weighted by molar-refractivity contribution is 7.22. The highest BCUT2D eigenvalue weighted by atomic mass is 35.5. The number of hydrogen-bond acceptors (Lipinski definition) is 4. The number of aromatic nitrogens is 1. The molecule has 0 aliphatic rings. The Labute approximate surface area is 119 Å². The molecule has 3 aromatic rings. The van der Waals surface area contributed by atoms with E-state index in [-0.39, 0.29) is 5.75 Å². The molecule has 19 heavy (non-hydrogen) atoms. The van der Waals surface area contributed by atoms with Crippen LogP contribution in [-0.4, -0.2) is 17.2 Å². The van der Waals surface area contributed by atoms with Crippen molar-refractivity contribution in [1.29, 1.82) is 0 Å². The van der Waals surface area contributed by atoms with E-state index in [2.05, 4.69) is 4.98 Å². The van der Waals surface area contributed by atoms with Crippen LogP contribution < -0.4 is 4.74 Å². The number of phenolic OH excluding ortho intramolecular Hbond substituents is 1. The van der Waals surface area contributed by atoms with Gasteiger partial charge >= 0.3 is 0 Å². The van der Waals surface area contributed by atoms with Crippen molar-refractivity contribution in [2.24, 2.45) is 0 Å². The van der Waals surface area contributed by atoms with Crippen molar-refractivity contribution in [2.45, 2.75) is 0 Å². The van der Waals surface area contributed by atoms with Crippen LogP contribution in [0.4, 0.5) is 0 Å². The van der Waals surface area contributed by atoms with Gasteiger partial charge in [-0.2, -0.15) is 0 Å². The zero-order valence-electron chi connectivity index (χ0n) is 10.1. The van der Waals surface area contributed by atoms with Crippen molar-refractivity contribution >= 4 is 33.2 Å². The summed E-state index contributed by atoms with van der Waals surface area (Å²) in [6.45, 7) is 0. The number of ether oxygens (including phenoxy) is 1. The van der Waals surface area contributed by atoms with Crippen LogP contribution in [0.25, 0.3) is 20.8 Å². The van der Waals surface area contributed by atoms with E-state index in [9.17, 15) is 5.11 Å². The Morgan fingerprint density at radius 1 is 1.26 bits per heavy atom. The summed E-state index contributed by atoms with van der Waals surface area (Å²) in [7, 11) is 1.59. The molecule has 1 N–H and O–H groups in total. The number of nitrogens with zero attached hydrogens (tertiary/aromatic N) is 1. The van der Waals surface area contributed by atoms with Crippen molar-refractivity contribution in [1.82, 2.24) is 4.98 Å². The van der Waals surface area contributed by atoms with Gasteiger partial charge in [0.05, 0.1) is 27.9 Å². The van der Waals surface area contributed by atoms with Gasteiger partial charge in [0, 0.05) is 0 Å². The molecule has 96 valence electrons. The molecule has 0 atom stereocenters. The number of methoxy groups -OCH3 is 1. The summed E-state index contributed by atoms with van der Waals surface area (Å²) >= 11 is 7.59. The van der Waals surface area contributed by atoms with Gasteiger partial charge < -0.3 is 9.84 Å². The highest BCUT2D eigenvalue weighted by Crippen LogP contribution is 2.39. The molecule has 0 bridgehead atoms. The molecule has 2 aromatic carbocycles. The number of aromatic hydroxyl groups is 1. The highest BCUT2D eigenvalue weighted by Gasteiger charge is 2.12. The zero-order valence-corrected chi connectivity index (χ0v) is 11.6. The van der Waals surface area contributed by atoms with Gasteiger partial charge in [-0.1, -0.05) is 17.7 Å². The number of fused-ring (bicyclic) bond motifs is 1. The Balaban J connectivity index is 2.21. The van der Waals surface area contributed by atoms with Crippen LogP contribution in [0.3, 0.4) is 0 Å². The molecule has 0 radical (unpaired) electrons. The first kappa shape index (κ1) is 12.3. The number of phenols is 1. The summed E-state index contributed by atoms with van der Waals surface area (Å²) in [6, 6.07) is 10.7. The van der Waals surface area contributed by atoms with E-state index in [1.54, 1.807) is 25.3 Å². The summed E-state index contributed by atoms with van der Waals surface area (Å²) in [5.41, 5.74) is 1.48. The molecule has 0 saturated carbocycles. The van der Waals surface area contributed by atoms with E-state index in [0.717, 1.165) is 15.2 Å². The predicted octanol–water partition coefficient (Wildman–Crippen LogP) is 4.33. The summed E-state index contributed by atoms with van der Waals surface area (Å²) in [5, 5.41) is 11.3. The van der Waals surface area contributed by atoms with Crippen LogP contribution >= 0.6 is 22.9 Å². The number of thiazole rings is 1. The molecule has 0 aliphatic carbocycles. The van der Waals surface area contributed by atoms with Crippen LogP contribution in [0, 0.1) is 0 Å². The first-order valence-corrected chi connectivity index (χ1v) is 6.81. The Hall–Kier alpha value is -1.78. The summed E-state index contributed by atoms with van der Waals surface area (Å²) < 4.78 is 6.09. The van der Waals surface area contributed by atoms with Crippen LogP contribution in [0.1, 0.15) is 0 Å². The van der Waals surface area contributed by atoms with Crippen molar-refractivity contribution in [3.05, 3.63) is 41.4 Å². The molecule has 0 amide bonds. The Bertz CT molecular complexity index is 754. The van der Waals surface area contributed by atoms with Crippen molar-refractivity contribution < 1.29 is 9.84 Å². The van der Waals surface area contributed by atoms with Gasteiger partial charge in [0.2, 0.25) is 0 Å². The fourth-order valence-electron chi connectivity index (χ4n) is 1.84. The van der Waals surface area contributed by atoms with E-state index in [1.807, 2.05) is 18.2 Å². The maximum atomic E-state index is 9.96. The third-order valence-electron chi connectivity index (χ3n) is 2.80. The fourth-order valence-corrected chi connectivity index (χ4v) is 3.12. The smallest absolute Gasteiger partial charge is 0.128 e. The quantitative estimate of drug-likeness (QED) is 0.764. The van der Waals surface area contributed by atoms with Gasteiger partial charge in [0.25, 0.3) is 0 Å². The molecule has 5 heteroatoms. The lowest BCUT2D eigenvalue weighted by atomic mass is 10.2. The number of benzene rings is 2. The lowest BCUT2D eigenvalue weighted by Gasteiger charge is -2.04. The molecular formula is C14H10ClNO2S. The third-order valence-corrected chi connectivity index (χ3v) is 4.37. The average Bonchev–Trinajstić information content (AvgIpc) is 2.84. The molecule has 3 nitrogen and oxygen atoms in total. The fraction of sp³-hybridized carbons (Fsp3) is 0.0714. The average molecular weight is 292 g/mol. The third kappa shape index (κ3) is 2.13. The van der Waals surface area contributed by atoms with Crippen molar-refractivity contribution in [3.8, 4) is 22.1 Å². The molecule has 3 rings (SSSR count). The van der Waals surface area contributed by atoms with Gasteiger partial charge in [-0.05, 0) is 30.3 Å². The molecule has 0 spiro atoms. The number of halogens is 1. The monoisotopic (exact) mass is 291 g/mol. The molecule has 0 unspecified atom stereocenters. The Kier molecular flexibility index (Phi) is 3.05. The van der Waals surface area contributed by atoms with Gasteiger partial charge in [-0.15, -0.1) is 11.3 Å². The Morgan fingerprint density at radius 2 is 2.11 bits per heavy atom. The topological polar surface area (TPSA) is 42.4 Å². The summed E-state index contributed by atoms with van der Waals surface area (Å²) in [4.78, 5) is 4.50. The first-order valence-electron chi connectivity index (χ1n) is 5.61. The second kappa shape index (κ2) is 4.72. The van der Waals surface area contributed by atoms with E-state index < -0.39 is 0 Å². The number of rotatable bonds is 2. The van der Waals surface area contributed by atoms with E-state index in [1.165, 1.54) is 11.3 Å². The van der Waals surface area contributed by atoms with Crippen LogP contribution in [0.15, 0.2) is 36.4 Å². The zero-order chi connectivity index (χ0) is 13.4. The minimum absolute atomic E-state index is 0.177.